The molecule has 0 unspecified atom stereocenters. The lowest BCUT2D eigenvalue weighted by Crippen LogP contribution is -2.43. The minimum absolute atomic E-state index is 0.0158. The number of rotatable bonds is 7. The number of carbonyl (C=O) groups excluding carboxylic acids is 2. The Hall–Kier alpha value is -2.63. The van der Waals surface area contributed by atoms with Crippen molar-refractivity contribution in [2.75, 3.05) is 11.5 Å². The van der Waals surface area contributed by atoms with Crippen molar-refractivity contribution in [3.63, 3.8) is 0 Å². The second-order valence-corrected chi connectivity index (χ2v) is 8.53. The van der Waals surface area contributed by atoms with Gasteiger partial charge in [-0.2, -0.15) is 5.10 Å². The Bertz CT molecular complexity index is 852. The summed E-state index contributed by atoms with van der Waals surface area (Å²) in [6.45, 7) is 8.75. The van der Waals surface area contributed by atoms with Gasteiger partial charge in [0.2, 0.25) is 5.91 Å². The Morgan fingerprint density at radius 1 is 1.17 bits per heavy atom. The summed E-state index contributed by atoms with van der Waals surface area (Å²) >= 11 is 0. The molecule has 1 aliphatic carbocycles. The third kappa shape index (κ3) is 5.10. The minimum Gasteiger partial charge on any atom is -0.462 e. The van der Waals surface area contributed by atoms with Crippen LogP contribution in [0.25, 0.3) is 0 Å². The predicted molar refractivity (Wildman–Crippen MR) is 117 cm³/mol. The Morgan fingerprint density at radius 3 is 2.43 bits per heavy atom. The molecule has 162 valence electrons. The van der Waals surface area contributed by atoms with Gasteiger partial charge in [0.15, 0.2) is 5.82 Å². The van der Waals surface area contributed by atoms with Crippen LogP contribution in [-0.2, 0) is 16.1 Å². The van der Waals surface area contributed by atoms with E-state index >= 15 is 0 Å². The van der Waals surface area contributed by atoms with E-state index in [1.54, 1.807) is 22.7 Å². The summed E-state index contributed by atoms with van der Waals surface area (Å²) in [4.78, 5) is 27.9. The molecule has 0 saturated heterocycles. The summed E-state index contributed by atoms with van der Waals surface area (Å²) in [7, 11) is 0. The highest BCUT2D eigenvalue weighted by Crippen LogP contribution is 2.32. The largest absolute Gasteiger partial charge is 0.462 e. The third-order valence-corrected chi connectivity index (χ3v) is 5.77. The molecule has 0 aliphatic heterocycles. The first-order valence-electron chi connectivity index (χ1n) is 11.0. The first-order chi connectivity index (χ1) is 14.4. The molecule has 0 radical (unpaired) electrons. The molecule has 1 aliphatic rings. The fraction of sp³-hybridized carbons (Fsp3) is 0.542. The number of hydrogen-bond donors (Lipinski definition) is 0. The van der Waals surface area contributed by atoms with Gasteiger partial charge in [-0.25, -0.2) is 4.79 Å². The zero-order valence-corrected chi connectivity index (χ0v) is 18.5. The maximum atomic E-state index is 13.5. The number of amides is 1. The topological polar surface area (TPSA) is 64.4 Å². The molecular weight excluding hydrogens is 378 g/mol. The van der Waals surface area contributed by atoms with Crippen molar-refractivity contribution in [2.24, 2.45) is 11.8 Å². The standard InChI is InChI=1S/C24H33N3O3/c1-5-30-24(29)21-16-26(15-19-9-7-6-8-10-19)25-22(21)27(17(2)3)23(28)20-13-11-18(4)12-14-20/h6-10,16-18,20H,5,11-15H2,1-4H3. The highest BCUT2D eigenvalue weighted by atomic mass is 16.5. The van der Waals surface area contributed by atoms with Crippen LogP contribution in [0.3, 0.4) is 0 Å². The second-order valence-electron chi connectivity index (χ2n) is 8.53. The van der Waals surface area contributed by atoms with Gasteiger partial charge in [0.25, 0.3) is 0 Å². The number of anilines is 1. The van der Waals surface area contributed by atoms with Crippen LogP contribution in [0.5, 0.6) is 0 Å². The average Bonchev–Trinajstić information content (AvgIpc) is 3.12. The fourth-order valence-corrected chi connectivity index (χ4v) is 4.10. The van der Waals surface area contributed by atoms with Crippen LogP contribution >= 0.6 is 0 Å². The van der Waals surface area contributed by atoms with E-state index < -0.39 is 5.97 Å². The number of aromatic nitrogens is 2. The average molecular weight is 412 g/mol. The SMILES string of the molecule is CCOC(=O)c1cn(Cc2ccccc2)nc1N(C(=O)C1CCC(C)CC1)C(C)C. The number of benzene rings is 1. The van der Waals surface area contributed by atoms with E-state index in [-0.39, 0.29) is 24.5 Å². The number of nitrogens with zero attached hydrogens (tertiary/aromatic N) is 3. The van der Waals surface area contributed by atoms with Gasteiger partial charge in [-0.05, 0) is 57.9 Å². The molecule has 0 bridgehead atoms. The molecule has 6 heteroatoms. The van der Waals surface area contributed by atoms with E-state index in [2.05, 4.69) is 12.0 Å². The van der Waals surface area contributed by atoms with Gasteiger partial charge in [0, 0.05) is 18.2 Å². The van der Waals surface area contributed by atoms with Crippen molar-refractivity contribution in [2.45, 2.75) is 66.0 Å². The molecular formula is C24H33N3O3. The Balaban J connectivity index is 1.94. The molecule has 1 aromatic carbocycles. The van der Waals surface area contributed by atoms with Crippen LogP contribution in [0.4, 0.5) is 5.82 Å². The van der Waals surface area contributed by atoms with E-state index in [1.165, 1.54) is 0 Å². The van der Waals surface area contributed by atoms with Gasteiger partial charge < -0.3 is 4.74 Å². The van der Waals surface area contributed by atoms with E-state index in [9.17, 15) is 9.59 Å². The van der Waals surface area contributed by atoms with Crippen molar-refractivity contribution in [1.82, 2.24) is 9.78 Å². The Labute approximate surface area is 179 Å². The summed E-state index contributed by atoms with van der Waals surface area (Å²) in [6, 6.07) is 9.83. The third-order valence-electron chi connectivity index (χ3n) is 5.77. The van der Waals surface area contributed by atoms with Crippen molar-refractivity contribution in [3.8, 4) is 0 Å². The zero-order chi connectivity index (χ0) is 21.7. The minimum atomic E-state index is -0.442. The lowest BCUT2D eigenvalue weighted by atomic mass is 9.82. The second kappa shape index (κ2) is 9.92. The van der Waals surface area contributed by atoms with Crippen LogP contribution in [0, 0.1) is 11.8 Å². The Kier molecular flexibility index (Phi) is 7.29. The summed E-state index contributed by atoms with van der Waals surface area (Å²) in [5, 5.41) is 4.68. The number of ether oxygens (including phenoxy) is 1. The van der Waals surface area contributed by atoms with Crippen LogP contribution in [0.15, 0.2) is 36.5 Å². The lowest BCUT2D eigenvalue weighted by molar-refractivity contribution is -0.124. The van der Waals surface area contributed by atoms with E-state index in [4.69, 9.17) is 4.74 Å². The van der Waals surface area contributed by atoms with E-state index in [0.29, 0.717) is 23.8 Å². The molecule has 0 spiro atoms. The van der Waals surface area contributed by atoms with Crippen LogP contribution < -0.4 is 4.90 Å². The first-order valence-corrected chi connectivity index (χ1v) is 11.0. The molecule has 2 aromatic rings. The van der Waals surface area contributed by atoms with Crippen molar-refractivity contribution in [3.05, 3.63) is 47.7 Å². The molecule has 3 rings (SSSR count). The molecule has 30 heavy (non-hydrogen) atoms. The van der Waals surface area contributed by atoms with Gasteiger partial charge in [-0.1, -0.05) is 37.3 Å². The summed E-state index contributed by atoms with van der Waals surface area (Å²) in [5.41, 5.74) is 1.42. The van der Waals surface area contributed by atoms with E-state index in [1.807, 2.05) is 44.2 Å². The zero-order valence-electron chi connectivity index (χ0n) is 18.5. The molecule has 1 saturated carbocycles. The Morgan fingerprint density at radius 2 is 1.83 bits per heavy atom. The summed E-state index contributed by atoms with van der Waals surface area (Å²) in [5.74, 6) is 0.678. The lowest BCUT2D eigenvalue weighted by Gasteiger charge is -2.32. The van der Waals surface area contributed by atoms with Gasteiger partial charge in [0.1, 0.15) is 5.56 Å². The summed E-state index contributed by atoms with van der Waals surface area (Å²) in [6.07, 6.45) is 5.61. The van der Waals surface area contributed by atoms with Gasteiger partial charge in [-0.3, -0.25) is 14.4 Å². The van der Waals surface area contributed by atoms with Crippen molar-refractivity contribution in [1.29, 1.82) is 0 Å². The molecule has 0 atom stereocenters. The molecule has 1 fully saturated rings. The highest BCUT2D eigenvalue weighted by molar-refractivity contribution is 6.02. The van der Waals surface area contributed by atoms with Gasteiger partial charge >= 0.3 is 5.97 Å². The molecule has 0 N–H and O–H groups in total. The van der Waals surface area contributed by atoms with Crippen LogP contribution in [-0.4, -0.2) is 34.3 Å². The normalized spacial score (nSPS) is 19.0. The van der Waals surface area contributed by atoms with Crippen LogP contribution in [0.2, 0.25) is 0 Å². The number of hydrogen-bond acceptors (Lipinski definition) is 4. The smallest absolute Gasteiger partial charge is 0.343 e. The quantitative estimate of drug-likeness (QED) is 0.621. The summed E-state index contributed by atoms with van der Waals surface area (Å²) < 4.78 is 7.00. The molecule has 1 amide bonds. The van der Waals surface area contributed by atoms with Crippen molar-refractivity contribution >= 4 is 17.7 Å². The van der Waals surface area contributed by atoms with Crippen molar-refractivity contribution < 1.29 is 14.3 Å². The van der Waals surface area contributed by atoms with Crippen LogP contribution in [0.1, 0.15) is 69.3 Å². The fourth-order valence-electron chi connectivity index (χ4n) is 4.10. The maximum absolute atomic E-state index is 13.5. The van der Waals surface area contributed by atoms with E-state index in [0.717, 1.165) is 31.2 Å². The number of esters is 1. The molecule has 6 nitrogen and oxygen atoms in total. The molecule has 1 aromatic heterocycles. The predicted octanol–water partition coefficient (Wildman–Crippen LogP) is 4.68. The monoisotopic (exact) mass is 411 g/mol. The first kappa shape index (κ1) is 22.1. The highest BCUT2D eigenvalue weighted by Gasteiger charge is 2.34. The number of carbonyl (C=O) groups is 2. The molecule has 1 heterocycles. The maximum Gasteiger partial charge on any atom is 0.343 e. The van der Waals surface area contributed by atoms with Gasteiger partial charge in [-0.15, -0.1) is 0 Å². The van der Waals surface area contributed by atoms with Gasteiger partial charge in [0.05, 0.1) is 13.2 Å².